The summed E-state index contributed by atoms with van der Waals surface area (Å²) < 4.78 is 0. The third kappa shape index (κ3) is 3.20. The van der Waals surface area contributed by atoms with Crippen molar-refractivity contribution >= 4 is 11.8 Å². The minimum absolute atomic E-state index is 0.798. The molecule has 116 valence electrons. The van der Waals surface area contributed by atoms with Gasteiger partial charge in [-0.25, -0.2) is 0 Å². The summed E-state index contributed by atoms with van der Waals surface area (Å²) in [6.07, 6.45) is 15.4. The summed E-state index contributed by atoms with van der Waals surface area (Å²) in [4.78, 5) is 3.00. The lowest BCUT2D eigenvalue weighted by Gasteiger charge is -2.53. The van der Waals surface area contributed by atoms with Gasteiger partial charge in [-0.3, -0.25) is 4.90 Å². The fourth-order valence-corrected chi connectivity index (χ4v) is 5.89. The van der Waals surface area contributed by atoms with Crippen molar-refractivity contribution in [1.82, 2.24) is 10.2 Å². The highest BCUT2D eigenvalue weighted by Gasteiger charge is 2.42. The smallest absolute Gasteiger partial charge is 0.0116 e. The number of piperidine rings is 2. The molecule has 2 aliphatic heterocycles. The van der Waals surface area contributed by atoms with E-state index in [1.807, 2.05) is 0 Å². The lowest BCUT2D eigenvalue weighted by Crippen LogP contribution is -2.60. The lowest BCUT2D eigenvalue weighted by molar-refractivity contribution is -0.0210. The third-order valence-electron chi connectivity index (χ3n) is 5.88. The van der Waals surface area contributed by atoms with Crippen molar-refractivity contribution in [3.05, 3.63) is 0 Å². The molecule has 1 N–H and O–H groups in total. The van der Waals surface area contributed by atoms with Gasteiger partial charge in [0.15, 0.2) is 0 Å². The van der Waals surface area contributed by atoms with Gasteiger partial charge in [-0.2, -0.15) is 11.8 Å². The molecule has 0 spiro atoms. The van der Waals surface area contributed by atoms with Gasteiger partial charge in [0.05, 0.1) is 0 Å². The molecular weight excluding hydrogens is 264 g/mol. The molecule has 2 bridgehead atoms. The first kappa shape index (κ1) is 15.2. The normalized spacial score (nSPS) is 42.6. The molecule has 0 radical (unpaired) electrons. The van der Waals surface area contributed by atoms with Crippen LogP contribution in [0.5, 0.6) is 0 Å². The van der Waals surface area contributed by atoms with Crippen LogP contribution in [0.3, 0.4) is 0 Å². The molecule has 0 amide bonds. The van der Waals surface area contributed by atoms with E-state index in [2.05, 4.69) is 35.2 Å². The molecule has 2 heterocycles. The van der Waals surface area contributed by atoms with Crippen molar-refractivity contribution in [2.24, 2.45) is 0 Å². The van der Waals surface area contributed by atoms with Crippen molar-refractivity contribution in [3.63, 3.8) is 0 Å². The van der Waals surface area contributed by atoms with E-state index in [1.54, 1.807) is 0 Å². The van der Waals surface area contributed by atoms with Gasteiger partial charge in [0, 0.05) is 29.4 Å². The Bertz CT molecular complexity index is 295. The maximum absolute atomic E-state index is 3.73. The molecule has 20 heavy (non-hydrogen) atoms. The molecule has 3 rings (SSSR count). The summed E-state index contributed by atoms with van der Waals surface area (Å²) in [6.45, 7) is 3.40. The van der Waals surface area contributed by atoms with Crippen LogP contribution < -0.4 is 5.32 Å². The molecule has 2 nitrogen and oxygen atoms in total. The van der Waals surface area contributed by atoms with Gasteiger partial charge in [-0.15, -0.1) is 0 Å². The average molecular weight is 297 g/mol. The Kier molecular flexibility index (Phi) is 5.33. The van der Waals surface area contributed by atoms with Crippen LogP contribution >= 0.6 is 11.8 Å². The molecule has 0 aromatic heterocycles. The molecular formula is C17H32N2S. The molecule has 4 atom stereocenters. The van der Waals surface area contributed by atoms with Crippen molar-refractivity contribution in [2.45, 2.75) is 94.1 Å². The number of fused-ring (bicyclic) bond motifs is 2. The summed E-state index contributed by atoms with van der Waals surface area (Å²) in [6, 6.07) is 3.47. The van der Waals surface area contributed by atoms with E-state index in [0.717, 1.165) is 36.0 Å². The van der Waals surface area contributed by atoms with Crippen molar-refractivity contribution in [1.29, 1.82) is 0 Å². The Balaban J connectivity index is 1.66. The Labute approximate surface area is 129 Å². The van der Waals surface area contributed by atoms with Gasteiger partial charge in [-0.05, 0) is 57.7 Å². The highest BCUT2D eigenvalue weighted by molar-refractivity contribution is 7.99. The first-order valence-corrected chi connectivity index (χ1v) is 10.1. The largest absolute Gasteiger partial charge is 0.314 e. The maximum atomic E-state index is 3.73. The Morgan fingerprint density at radius 1 is 0.950 bits per heavy atom. The molecule has 0 aromatic rings. The van der Waals surface area contributed by atoms with Crippen LogP contribution in [0.1, 0.15) is 64.7 Å². The van der Waals surface area contributed by atoms with Crippen LogP contribution in [-0.4, -0.2) is 47.1 Å². The van der Waals surface area contributed by atoms with Crippen LogP contribution in [-0.2, 0) is 0 Å². The number of nitrogens with zero attached hydrogens (tertiary/aromatic N) is 1. The minimum Gasteiger partial charge on any atom is -0.314 e. The second-order valence-electron chi connectivity index (χ2n) is 7.09. The molecule has 3 heteroatoms. The molecule has 1 saturated carbocycles. The zero-order valence-electron chi connectivity index (χ0n) is 13.3. The number of hydrogen-bond donors (Lipinski definition) is 1. The summed E-state index contributed by atoms with van der Waals surface area (Å²) in [5.41, 5.74) is 0. The first-order chi connectivity index (χ1) is 9.81. The monoisotopic (exact) mass is 296 g/mol. The van der Waals surface area contributed by atoms with Crippen LogP contribution in [0.15, 0.2) is 0 Å². The number of thioether (sulfide) groups is 1. The van der Waals surface area contributed by atoms with E-state index in [4.69, 9.17) is 0 Å². The van der Waals surface area contributed by atoms with Crippen molar-refractivity contribution < 1.29 is 0 Å². The highest BCUT2D eigenvalue weighted by Crippen LogP contribution is 2.40. The average Bonchev–Trinajstić information content (AvgIpc) is 2.47. The first-order valence-electron chi connectivity index (χ1n) is 8.85. The molecule has 3 aliphatic rings. The van der Waals surface area contributed by atoms with Gasteiger partial charge < -0.3 is 5.32 Å². The number of nitrogens with one attached hydrogen (secondary N) is 1. The second kappa shape index (κ2) is 7.02. The zero-order valence-corrected chi connectivity index (χ0v) is 14.1. The van der Waals surface area contributed by atoms with Gasteiger partial charge in [0.25, 0.3) is 0 Å². The summed E-state index contributed by atoms with van der Waals surface area (Å²) in [5.74, 6) is 0. The lowest BCUT2D eigenvalue weighted by atomic mass is 9.78. The zero-order chi connectivity index (χ0) is 13.9. The van der Waals surface area contributed by atoms with E-state index in [-0.39, 0.29) is 0 Å². The van der Waals surface area contributed by atoms with Crippen LogP contribution in [0.25, 0.3) is 0 Å². The van der Waals surface area contributed by atoms with Crippen molar-refractivity contribution in [2.75, 3.05) is 12.8 Å². The molecule has 3 fully saturated rings. The Hall–Kier alpha value is 0.270. The quantitative estimate of drug-likeness (QED) is 0.852. The molecule has 1 aliphatic carbocycles. The maximum Gasteiger partial charge on any atom is 0.0116 e. The fraction of sp³-hybridized carbons (Fsp3) is 1.00. The van der Waals surface area contributed by atoms with Gasteiger partial charge in [-0.1, -0.05) is 19.8 Å². The summed E-state index contributed by atoms with van der Waals surface area (Å²) >= 11 is 2.11. The van der Waals surface area contributed by atoms with E-state index < -0.39 is 0 Å². The van der Waals surface area contributed by atoms with Gasteiger partial charge in [0.1, 0.15) is 0 Å². The van der Waals surface area contributed by atoms with Gasteiger partial charge >= 0.3 is 0 Å². The SMILES string of the molecule is CCNC1CC2CCCC(C1)N2C1CCCC(SC)C1. The summed E-state index contributed by atoms with van der Waals surface area (Å²) in [5, 5.41) is 4.66. The molecule has 0 aromatic carbocycles. The predicted octanol–water partition coefficient (Wildman–Crippen LogP) is 3.66. The minimum atomic E-state index is 0.798. The van der Waals surface area contributed by atoms with Crippen LogP contribution in [0, 0.1) is 0 Å². The second-order valence-corrected chi connectivity index (χ2v) is 8.23. The van der Waals surface area contributed by atoms with E-state index in [9.17, 15) is 0 Å². The van der Waals surface area contributed by atoms with E-state index in [0.29, 0.717) is 0 Å². The predicted molar refractivity (Wildman–Crippen MR) is 89.5 cm³/mol. The third-order valence-corrected chi connectivity index (χ3v) is 6.97. The van der Waals surface area contributed by atoms with Crippen LogP contribution in [0.2, 0.25) is 0 Å². The number of hydrogen-bond acceptors (Lipinski definition) is 3. The standard InChI is InChI=1S/C17H32N2S/c1-3-18-13-10-14-6-4-7-15(11-13)19(14)16-8-5-9-17(12-16)20-2/h13-18H,3-12H2,1-2H3. The highest BCUT2D eigenvalue weighted by atomic mass is 32.2. The Morgan fingerprint density at radius 2 is 1.55 bits per heavy atom. The number of rotatable bonds is 4. The van der Waals surface area contributed by atoms with E-state index in [1.165, 1.54) is 57.8 Å². The summed E-state index contributed by atoms with van der Waals surface area (Å²) in [7, 11) is 0. The van der Waals surface area contributed by atoms with Gasteiger partial charge in [0.2, 0.25) is 0 Å². The van der Waals surface area contributed by atoms with Crippen molar-refractivity contribution in [3.8, 4) is 0 Å². The molecule has 2 saturated heterocycles. The fourth-order valence-electron chi connectivity index (χ4n) is 5.07. The topological polar surface area (TPSA) is 15.3 Å². The van der Waals surface area contributed by atoms with Crippen LogP contribution in [0.4, 0.5) is 0 Å². The molecule has 4 unspecified atom stereocenters. The van der Waals surface area contributed by atoms with E-state index >= 15 is 0 Å². The Morgan fingerprint density at radius 3 is 2.15 bits per heavy atom.